The molecule has 0 heterocycles. The van der Waals surface area contributed by atoms with Crippen molar-refractivity contribution in [3.8, 4) is 0 Å². The average molecular weight is 240 g/mol. The van der Waals surface area contributed by atoms with E-state index in [9.17, 15) is 0 Å². The Morgan fingerprint density at radius 3 is 1.56 bits per heavy atom. The Balaban J connectivity index is -0.000000179. The van der Waals surface area contributed by atoms with E-state index in [-0.39, 0.29) is 19.3 Å². The van der Waals surface area contributed by atoms with Crippen LogP contribution in [0.25, 0.3) is 0 Å². The van der Waals surface area contributed by atoms with Crippen LogP contribution in [0.15, 0.2) is 0 Å². The third kappa shape index (κ3) is 67.2. The molecular formula is C11H28O5. The highest BCUT2D eigenvalue weighted by atomic mass is 16.6. The molecule has 0 bridgehead atoms. The summed E-state index contributed by atoms with van der Waals surface area (Å²) in [5, 5.41) is 31.9. The third-order valence-corrected chi connectivity index (χ3v) is 0.957. The number of ether oxygens (including phenoxy) is 1. The number of unbranched alkanes of at least 4 members (excludes halogenated alkanes) is 1. The van der Waals surface area contributed by atoms with Gasteiger partial charge in [-0.3, -0.25) is 0 Å². The zero-order chi connectivity index (χ0) is 13.4. The molecule has 5 nitrogen and oxygen atoms in total. The van der Waals surface area contributed by atoms with Gasteiger partial charge in [0.1, 0.15) is 0 Å². The lowest BCUT2D eigenvalue weighted by Gasteiger charge is -2.03. The van der Waals surface area contributed by atoms with E-state index in [1.807, 2.05) is 0 Å². The number of hydrogen-bond acceptors (Lipinski definition) is 5. The molecule has 102 valence electrons. The molecule has 4 N–H and O–H groups in total. The molecule has 1 unspecified atom stereocenters. The molecule has 0 radical (unpaired) electrons. The van der Waals surface area contributed by atoms with Crippen LogP contribution in [0.1, 0.15) is 40.5 Å². The summed E-state index contributed by atoms with van der Waals surface area (Å²) in [6, 6.07) is 0. The molecule has 0 rings (SSSR count). The van der Waals surface area contributed by atoms with Gasteiger partial charge < -0.3 is 25.2 Å². The van der Waals surface area contributed by atoms with Crippen LogP contribution < -0.4 is 0 Å². The van der Waals surface area contributed by atoms with Crippen molar-refractivity contribution in [3.05, 3.63) is 0 Å². The predicted molar refractivity (Wildman–Crippen MR) is 64.1 cm³/mol. The highest BCUT2D eigenvalue weighted by Gasteiger charge is 1.90. The lowest BCUT2D eigenvalue weighted by molar-refractivity contribution is -0.0856. The lowest BCUT2D eigenvalue weighted by atomic mass is 10.4. The predicted octanol–water partition coefficient (Wildman–Crippen LogP) is 0.499. The van der Waals surface area contributed by atoms with Gasteiger partial charge in [0.2, 0.25) is 0 Å². The Morgan fingerprint density at radius 2 is 1.38 bits per heavy atom. The number of aliphatic hydroxyl groups is 4. The lowest BCUT2D eigenvalue weighted by Crippen LogP contribution is -2.06. The van der Waals surface area contributed by atoms with Gasteiger partial charge in [-0.25, -0.2) is 0 Å². The van der Waals surface area contributed by atoms with Crippen molar-refractivity contribution in [2.75, 3.05) is 19.8 Å². The first-order valence-corrected chi connectivity index (χ1v) is 5.61. The first-order chi connectivity index (χ1) is 7.42. The first kappa shape index (κ1) is 21.1. The van der Waals surface area contributed by atoms with Crippen LogP contribution in [-0.4, -0.2) is 52.6 Å². The molecule has 16 heavy (non-hydrogen) atoms. The standard InChI is InChI=1S/C6H14O2.C3H8O.C2H6O2/c1-3-4-5-8-6(2)7;1-3(2)4;3-1-2-4/h6-7H,3-5H2,1-2H3;3-4H,1-2H3;3-4H,1-2H2. The summed E-state index contributed by atoms with van der Waals surface area (Å²) in [6.07, 6.45) is 1.39. The largest absolute Gasteiger partial charge is 0.394 e. The highest BCUT2D eigenvalue weighted by Crippen LogP contribution is 1.90. The summed E-state index contributed by atoms with van der Waals surface area (Å²) < 4.78 is 4.84. The second kappa shape index (κ2) is 20.2. The number of aliphatic hydroxyl groups excluding tert-OH is 4. The van der Waals surface area contributed by atoms with Gasteiger partial charge in [-0.15, -0.1) is 0 Å². The Kier molecular flexibility index (Phi) is 26.7. The molecule has 0 saturated carbocycles. The van der Waals surface area contributed by atoms with Crippen molar-refractivity contribution in [2.24, 2.45) is 0 Å². The summed E-state index contributed by atoms with van der Waals surface area (Å²) in [4.78, 5) is 0. The Bertz CT molecular complexity index is 91.6. The molecule has 0 aromatic heterocycles. The molecule has 0 aliphatic heterocycles. The molecule has 0 aliphatic rings. The topological polar surface area (TPSA) is 90.2 Å². The first-order valence-electron chi connectivity index (χ1n) is 5.61. The van der Waals surface area contributed by atoms with Crippen LogP contribution in [0.3, 0.4) is 0 Å². The van der Waals surface area contributed by atoms with Gasteiger partial charge in [0.25, 0.3) is 0 Å². The van der Waals surface area contributed by atoms with Gasteiger partial charge in [-0.2, -0.15) is 0 Å². The van der Waals surface area contributed by atoms with Crippen LogP contribution in [0, 0.1) is 0 Å². The average Bonchev–Trinajstić information content (AvgIpc) is 2.17. The fourth-order valence-electron chi connectivity index (χ4n) is 0.398. The van der Waals surface area contributed by atoms with Crippen LogP contribution >= 0.6 is 0 Å². The minimum atomic E-state index is -0.596. The van der Waals surface area contributed by atoms with E-state index in [2.05, 4.69) is 6.92 Å². The molecule has 5 heteroatoms. The highest BCUT2D eigenvalue weighted by molar-refractivity contribution is 4.31. The molecule has 0 spiro atoms. The molecule has 0 aromatic carbocycles. The zero-order valence-corrected chi connectivity index (χ0v) is 10.9. The molecular weight excluding hydrogens is 212 g/mol. The van der Waals surface area contributed by atoms with Crippen molar-refractivity contribution in [1.82, 2.24) is 0 Å². The summed E-state index contributed by atoms with van der Waals surface area (Å²) in [7, 11) is 0. The van der Waals surface area contributed by atoms with Crippen LogP contribution in [0.4, 0.5) is 0 Å². The van der Waals surface area contributed by atoms with E-state index in [1.54, 1.807) is 20.8 Å². The van der Waals surface area contributed by atoms with Gasteiger partial charge >= 0.3 is 0 Å². The SMILES string of the molecule is CC(C)O.CCCCOC(C)O.OCCO. The summed E-state index contributed by atoms with van der Waals surface area (Å²) in [5.74, 6) is 0. The Morgan fingerprint density at radius 1 is 1.00 bits per heavy atom. The van der Waals surface area contributed by atoms with E-state index in [0.717, 1.165) is 12.8 Å². The fourth-order valence-corrected chi connectivity index (χ4v) is 0.398. The van der Waals surface area contributed by atoms with Gasteiger partial charge in [-0.05, 0) is 27.2 Å². The van der Waals surface area contributed by atoms with E-state index >= 15 is 0 Å². The smallest absolute Gasteiger partial charge is 0.151 e. The molecule has 1 atom stereocenters. The van der Waals surface area contributed by atoms with Gasteiger partial charge in [0.05, 0.1) is 13.2 Å². The molecule has 0 amide bonds. The monoisotopic (exact) mass is 240 g/mol. The van der Waals surface area contributed by atoms with Crippen LogP contribution in [0.2, 0.25) is 0 Å². The quantitative estimate of drug-likeness (QED) is 0.415. The van der Waals surface area contributed by atoms with Gasteiger partial charge in [0.15, 0.2) is 6.29 Å². The molecule has 0 fully saturated rings. The van der Waals surface area contributed by atoms with E-state index in [4.69, 9.17) is 25.2 Å². The summed E-state index contributed by atoms with van der Waals surface area (Å²) >= 11 is 0. The number of hydrogen-bond donors (Lipinski definition) is 4. The second-order valence-corrected chi connectivity index (χ2v) is 3.36. The minimum Gasteiger partial charge on any atom is -0.394 e. The maximum Gasteiger partial charge on any atom is 0.151 e. The maximum absolute atomic E-state index is 8.56. The van der Waals surface area contributed by atoms with Gasteiger partial charge in [-0.1, -0.05) is 13.3 Å². The normalized spacial score (nSPS) is 11.1. The summed E-state index contributed by atoms with van der Waals surface area (Å²) in [5.41, 5.74) is 0. The maximum atomic E-state index is 8.56. The Labute approximate surface area is 98.7 Å². The van der Waals surface area contributed by atoms with Crippen molar-refractivity contribution in [2.45, 2.75) is 52.9 Å². The van der Waals surface area contributed by atoms with E-state index in [0.29, 0.717) is 6.61 Å². The van der Waals surface area contributed by atoms with Crippen LogP contribution in [0.5, 0.6) is 0 Å². The summed E-state index contributed by atoms with van der Waals surface area (Å²) in [6.45, 7) is 7.58. The van der Waals surface area contributed by atoms with Crippen molar-refractivity contribution in [3.63, 3.8) is 0 Å². The molecule has 0 aromatic rings. The van der Waals surface area contributed by atoms with Crippen molar-refractivity contribution >= 4 is 0 Å². The van der Waals surface area contributed by atoms with E-state index in [1.165, 1.54) is 0 Å². The zero-order valence-electron chi connectivity index (χ0n) is 10.9. The minimum absolute atomic E-state index is 0.125. The van der Waals surface area contributed by atoms with Crippen molar-refractivity contribution < 1.29 is 25.2 Å². The van der Waals surface area contributed by atoms with Gasteiger partial charge in [0, 0.05) is 12.7 Å². The third-order valence-electron chi connectivity index (χ3n) is 0.957. The molecule has 0 aliphatic carbocycles. The Hall–Kier alpha value is -0.200. The van der Waals surface area contributed by atoms with Crippen molar-refractivity contribution in [1.29, 1.82) is 0 Å². The fraction of sp³-hybridized carbons (Fsp3) is 1.00. The number of rotatable bonds is 5. The van der Waals surface area contributed by atoms with E-state index < -0.39 is 6.29 Å². The molecule has 0 saturated heterocycles. The second-order valence-electron chi connectivity index (χ2n) is 3.36. The van der Waals surface area contributed by atoms with Crippen LogP contribution in [-0.2, 0) is 4.74 Å².